The molecular formula is C22H16Cl2N2O. The third kappa shape index (κ3) is 3.57. The smallest absolute Gasteiger partial charge is 0.290 e. The van der Waals surface area contributed by atoms with E-state index in [1.54, 1.807) is 34.1 Å². The number of anilines is 2. The van der Waals surface area contributed by atoms with Gasteiger partial charge in [0.2, 0.25) is 0 Å². The van der Waals surface area contributed by atoms with Crippen molar-refractivity contribution in [2.75, 3.05) is 16.3 Å². The number of halogens is 2. The molecule has 1 aliphatic rings. The fraction of sp³-hybridized carbons (Fsp3) is 0.0455. The normalized spacial score (nSPS) is 14.3. The lowest BCUT2D eigenvalue weighted by Gasteiger charge is -2.36. The van der Waals surface area contributed by atoms with Gasteiger partial charge in [-0.1, -0.05) is 53.5 Å². The Labute approximate surface area is 168 Å². The summed E-state index contributed by atoms with van der Waals surface area (Å²) < 4.78 is 0. The van der Waals surface area contributed by atoms with Gasteiger partial charge in [0.15, 0.2) is 0 Å². The lowest BCUT2D eigenvalue weighted by atomic mass is 10.1. The molecule has 4 rings (SSSR count). The highest BCUT2D eigenvalue weighted by molar-refractivity contribution is 6.31. The van der Waals surface area contributed by atoms with Crippen LogP contribution in [0.15, 0.2) is 84.9 Å². The zero-order chi connectivity index (χ0) is 18.8. The maximum Gasteiger partial charge on any atom is 0.333 e. The summed E-state index contributed by atoms with van der Waals surface area (Å²) in [6.45, 7) is 0.481. The van der Waals surface area contributed by atoms with Gasteiger partial charge in [-0.15, -0.1) is 0 Å². The SMILES string of the molecule is O=C1N(c2ccc(Cl)cc2)CC=C(c2ccccc2)N1c1ccc(Cl)cc1. The van der Waals surface area contributed by atoms with Crippen molar-refractivity contribution in [3.8, 4) is 0 Å². The first-order valence-electron chi connectivity index (χ1n) is 8.52. The molecule has 3 aromatic carbocycles. The molecule has 3 aromatic rings. The van der Waals surface area contributed by atoms with Crippen LogP contribution in [0.5, 0.6) is 0 Å². The number of benzene rings is 3. The van der Waals surface area contributed by atoms with Crippen molar-refractivity contribution in [2.45, 2.75) is 0 Å². The first-order chi connectivity index (χ1) is 13.1. The third-order valence-electron chi connectivity index (χ3n) is 4.42. The standard InChI is InChI=1S/C22H16Cl2N2O/c23-17-6-10-19(11-7-17)25-15-14-21(16-4-2-1-3-5-16)26(22(25)27)20-12-8-18(24)9-13-20/h1-14H,15H2. The van der Waals surface area contributed by atoms with Crippen LogP contribution in [0.1, 0.15) is 5.56 Å². The molecule has 0 unspecified atom stereocenters. The summed E-state index contributed by atoms with van der Waals surface area (Å²) in [6, 6.07) is 24.3. The molecule has 5 heteroatoms. The quantitative estimate of drug-likeness (QED) is 0.498. The average molecular weight is 395 g/mol. The maximum atomic E-state index is 13.4. The van der Waals surface area contributed by atoms with Crippen molar-refractivity contribution in [1.29, 1.82) is 0 Å². The summed E-state index contributed by atoms with van der Waals surface area (Å²) in [5.41, 5.74) is 3.40. The largest absolute Gasteiger partial charge is 0.333 e. The Morgan fingerprint density at radius 2 is 1.26 bits per heavy atom. The molecule has 1 heterocycles. The van der Waals surface area contributed by atoms with E-state index in [4.69, 9.17) is 23.2 Å². The molecule has 0 fully saturated rings. The second-order valence-corrected chi connectivity index (χ2v) is 7.01. The molecule has 0 saturated carbocycles. The lowest BCUT2D eigenvalue weighted by Crippen LogP contribution is -2.46. The molecule has 1 aliphatic heterocycles. The van der Waals surface area contributed by atoms with Gasteiger partial charge in [-0.3, -0.25) is 9.80 Å². The summed E-state index contributed by atoms with van der Waals surface area (Å²) in [6.07, 6.45) is 2.06. The molecule has 0 bridgehead atoms. The maximum absolute atomic E-state index is 13.4. The Morgan fingerprint density at radius 3 is 1.85 bits per heavy atom. The number of hydrogen-bond acceptors (Lipinski definition) is 1. The van der Waals surface area contributed by atoms with Crippen LogP contribution in [0.4, 0.5) is 16.2 Å². The fourth-order valence-electron chi connectivity index (χ4n) is 3.10. The molecule has 27 heavy (non-hydrogen) atoms. The van der Waals surface area contributed by atoms with Gasteiger partial charge in [0.1, 0.15) is 0 Å². The average Bonchev–Trinajstić information content (AvgIpc) is 2.70. The third-order valence-corrected chi connectivity index (χ3v) is 4.93. The minimum absolute atomic E-state index is 0.124. The number of hydrogen-bond donors (Lipinski definition) is 0. The molecule has 2 amide bonds. The van der Waals surface area contributed by atoms with E-state index in [1.807, 2.05) is 54.6 Å². The molecule has 0 atom stereocenters. The van der Waals surface area contributed by atoms with Crippen LogP contribution < -0.4 is 9.80 Å². The highest BCUT2D eigenvalue weighted by atomic mass is 35.5. The number of carbonyl (C=O) groups excluding carboxylic acids is 1. The molecule has 0 aliphatic carbocycles. The number of rotatable bonds is 3. The van der Waals surface area contributed by atoms with Gasteiger partial charge >= 0.3 is 6.03 Å². The molecule has 134 valence electrons. The molecular weight excluding hydrogens is 379 g/mol. The Kier molecular flexibility index (Phi) is 4.88. The van der Waals surface area contributed by atoms with E-state index in [1.165, 1.54) is 0 Å². The van der Waals surface area contributed by atoms with E-state index in [0.29, 0.717) is 16.6 Å². The van der Waals surface area contributed by atoms with Crippen molar-refractivity contribution in [3.63, 3.8) is 0 Å². The van der Waals surface area contributed by atoms with Crippen molar-refractivity contribution in [1.82, 2.24) is 0 Å². The van der Waals surface area contributed by atoms with Gasteiger partial charge in [-0.2, -0.15) is 0 Å². The first-order valence-corrected chi connectivity index (χ1v) is 9.27. The number of carbonyl (C=O) groups is 1. The highest BCUT2D eigenvalue weighted by Gasteiger charge is 2.30. The fourth-order valence-corrected chi connectivity index (χ4v) is 3.36. The van der Waals surface area contributed by atoms with Crippen LogP contribution in [0.2, 0.25) is 10.0 Å². The summed E-state index contributed by atoms with van der Waals surface area (Å²) in [7, 11) is 0. The van der Waals surface area contributed by atoms with E-state index in [2.05, 4.69) is 6.08 Å². The zero-order valence-electron chi connectivity index (χ0n) is 14.3. The number of amides is 2. The first kappa shape index (κ1) is 17.7. The van der Waals surface area contributed by atoms with Gasteiger partial charge in [0.25, 0.3) is 0 Å². The number of urea groups is 1. The summed E-state index contributed by atoms with van der Waals surface area (Å²) in [5, 5.41) is 1.27. The van der Waals surface area contributed by atoms with Crippen LogP contribution in [0.25, 0.3) is 5.70 Å². The zero-order valence-corrected chi connectivity index (χ0v) is 15.9. The van der Waals surface area contributed by atoms with Gasteiger partial charge in [-0.25, -0.2) is 4.79 Å². The molecule has 0 saturated heterocycles. The minimum Gasteiger partial charge on any atom is -0.290 e. The van der Waals surface area contributed by atoms with E-state index < -0.39 is 0 Å². The van der Waals surface area contributed by atoms with Crippen LogP contribution >= 0.6 is 23.2 Å². The monoisotopic (exact) mass is 394 g/mol. The molecule has 0 radical (unpaired) electrons. The van der Waals surface area contributed by atoms with Gasteiger partial charge < -0.3 is 0 Å². The van der Waals surface area contributed by atoms with Crippen LogP contribution in [-0.4, -0.2) is 12.6 Å². The minimum atomic E-state index is -0.124. The van der Waals surface area contributed by atoms with Crippen LogP contribution in [0, 0.1) is 0 Å². The van der Waals surface area contributed by atoms with Crippen molar-refractivity contribution in [2.24, 2.45) is 0 Å². The Hall–Kier alpha value is -2.75. The van der Waals surface area contributed by atoms with Gasteiger partial charge in [0, 0.05) is 22.3 Å². The van der Waals surface area contributed by atoms with Gasteiger partial charge in [0.05, 0.1) is 11.4 Å². The van der Waals surface area contributed by atoms with E-state index in [-0.39, 0.29) is 6.03 Å². The summed E-state index contributed by atoms with van der Waals surface area (Å²) >= 11 is 12.0. The molecule has 0 aromatic heterocycles. The van der Waals surface area contributed by atoms with Crippen LogP contribution in [0.3, 0.4) is 0 Å². The predicted octanol–water partition coefficient (Wildman–Crippen LogP) is 6.48. The second-order valence-electron chi connectivity index (χ2n) is 6.14. The Morgan fingerprint density at radius 1 is 0.704 bits per heavy atom. The van der Waals surface area contributed by atoms with E-state index in [9.17, 15) is 4.79 Å². The Balaban J connectivity index is 1.80. The lowest BCUT2D eigenvalue weighted by molar-refractivity contribution is 0.253. The number of nitrogens with zero attached hydrogens (tertiary/aromatic N) is 2. The second kappa shape index (κ2) is 7.47. The highest BCUT2D eigenvalue weighted by Crippen LogP contribution is 2.33. The molecule has 3 nitrogen and oxygen atoms in total. The molecule has 0 N–H and O–H groups in total. The van der Waals surface area contributed by atoms with Crippen molar-refractivity contribution in [3.05, 3.63) is 101 Å². The predicted molar refractivity (Wildman–Crippen MR) is 113 cm³/mol. The van der Waals surface area contributed by atoms with E-state index in [0.717, 1.165) is 22.6 Å². The van der Waals surface area contributed by atoms with Crippen molar-refractivity contribution >= 4 is 46.3 Å². The summed E-state index contributed by atoms with van der Waals surface area (Å²) in [4.78, 5) is 16.9. The molecule has 0 spiro atoms. The van der Waals surface area contributed by atoms with Crippen LogP contribution in [-0.2, 0) is 0 Å². The van der Waals surface area contributed by atoms with Gasteiger partial charge in [-0.05, 0) is 60.2 Å². The summed E-state index contributed by atoms with van der Waals surface area (Å²) in [5.74, 6) is 0. The Bertz CT molecular complexity index is 983. The van der Waals surface area contributed by atoms with E-state index >= 15 is 0 Å². The van der Waals surface area contributed by atoms with Crippen molar-refractivity contribution < 1.29 is 4.79 Å². The topological polar surface area (TPSA) is 23.6 Å².